The molecule has 30 heavy (non-hydrogen) atoms. The van der Waals surface area contributed by atoms with E-state index in [1.165, 1.54) is 0 Å². The summed E-state index contributed by atoms with van der Waals surface area (Å²) in [6.45, 7) is 1.04. The zero-order valence-corrected chi connectivity index (χ0v) is 20.5. The SMILES string of the molecule is CN=C(NCc1cc(OC)c(OC)c(OC)c1)NCc1cccc(OC)c1OC.I. The summed E-state index contributed by atoms with van der Waals surface area (Å²) in [4.78, 5) is 4.27. The zero-order valence-electron chi connectivity index (χ0n) is 18.2. The van der Waals surface area contributed by atoms with Crippen molar-refractivity contribution in [2.75, 3.05) is 42.6 Å². The highest BCUT2D eigenvalue weighted by atomic mass is 127. The third kappa shape index (κ3) is 6.22. The summed E-state index contributed by atoms with van der Waals surface area (Å²) in [6, 6.07) is 9.55. The number of rotatable bonds is 9. The van der Waals surface area contributed by atoms with Gasteiger partial charge in [0.05, 0.1) is 35.5 Å². The largest absolute Gasteiger partial charge is 0.493 e. The smallest absolute Gasteiger partial charge is 0.203 e. The van der Waals surface area contributed by atoms with E-state index in [1.54, 1.807) is 42.6 Å². The monoisotopic (exact) mass is 531 g/mol. The maximum Gasteiger partial charge on any atom is 0.203 e. The number of methoxy groups -OCH3 is 5. The first-order valence-electron chi connectivity index (χ1n) is 9.05. The Hall–Kier alpha value is -2.56. The van der Waals surface area contributed by atoms with Crippen molar-refractivity contribution in [3.05, 3.63) is 41.5 Å². The van der Waals surface area contributed by atoms with Gasteiger partial charge in [0.15, 0.2) is 29.0 Å². The molecule has 0 heterocycles. The fourth-order valence-corrected chi connectivity index (χ4v) is 2.92. The normalized spacial score (nSPS) is 10.5. The number of guanidine groups is 1. The molecule has 0 fully saturated rings. The molecular weight excluding hydrogens is 501 g/mol. The summed E-state index contributed by atoms with van der Waals surface area (Å²) >= 11 is 0. The molecule has 0 bridgehead atoms. The van der Waals surface area contributed by atoms with E-state index in [2.05, 4.69) is 15.6 Å². The summed E-state index contributed by atoms with van der Waals surface area (Å²) in [6.07, 6.45) is 0. The molecule has 0 saturated carbocycles. The van der Waals surface area contributed by atoms with Crippen molar-refractivity contribution >= 4 is 29.9 Å². The number of ether oxygens (including phenoxy) is 5. The fraction of sp³-hybridized carbons (Fsp3) is 0.381. The van der Waals surface area contributed by atoms with Crippen molar-refractivity contribution in [3.8, 4) is 28.7 Å². The molecule has 0 amide bonds. The molecule has 0 spiro atoms. The molecular formula is C21H30IN3O5. The zero-order chi connectivity index (χ0) is 21.2. The van der Waals surface area contributed by atoms with E-state index in [0.29, 0.717) is 47.8 Å². The van der Waals surface area contributed by atoms with Crippen LogP contribution in [0.5, 0.6) is 28.7 Å². The molecule has 2 rings (SSSR count). The second kappa shape index (κ2) is 12.9. The van der Waals surface area contributed by atoms with Crippen molar-refractivity contribution < 1.29 is 23.7 Å². The lowest BCUT2D eigenvalue weighted by atomic mass is 10.1. The Labute approximate surface area is 194 Å². The lowest BCUT2D eigenvalue weighted by Gasteiger charge is -2.17. The van der Waals surface area contributed by atoms with E-state index in [1.807, 2.05) is 30.3 Å². The van der Waals surface area contributed by atoms with E-state index in [4.69, 9.17) is 23.7 Å². The maximum absolute atomic E-state index is 5.47. The van der Waals surface area contributed by atoms with Crippen LogP contribution in [0.1, 0.15) is 11.1 Å². The van der Waals surface area contributed by atoms with E-state index in [9.17, 15) is 0 Å². The first kappa shape index (κ1) is 25.5. The van der Waals surface area contributed by atoms with Crippen LogP contribution in [0, 0.1) is 0 Å². The van der Waals surface area contributed by atoms with Crippen LogP contribution >= 0.6 is 24.0 Å². The molecule has 0 aromatic heterocycles. The van der Waals surface area contributed by atoms with Crippen LogP contribution in [0.3, 0.4) is 0 Å². The van der Waals surface area contributed by atoms with Crippen molar-refractivity contribution in [2.24, 2.45) is 4.99 Å². The maximum atomic E-state index is 5.47. The number of halogens is 1. The Morgan fingerprint density at radius 3 is 1.83 bits per heavy atom. The van der Waals surface area contributed by atoms with Gasteiger partial charge >= 0.3 is 0 Å². The van der Waals surface area contributed by atoms with Gasteiger partial charge in [0.2, 0.25) is 5.75 Å². The highest BCUT2D eigenvalue weighted by molar-refractivity contribution is 14.0. The number of para-hydroxylation sites is 1. The minimum absolute atomic E-state index is 0. The van der Waals surface area contributed by atoms with Crippen molar-refractivity contribution in [1.29, 1.82) is 0 Å². The summed E-state index contributed by atoms with van der Waals surface area (Å²) in [7, 11) is 9.73. The van der Waals surface area contributed by atoms with Gasteiger partial charge in [-0.15, -0.1) is 24.0 Å². The molecule has 2 N–H and O–H groups in total. The lowest BCUT2D eigenvalue weighted by Crippen LogP contribution is -2.36. The van der Waals surface area contributed by atoms with Crippen LogP contribution in [0.4, 0.5) is 0 Å². The molecule has 9 heteroatoms. The van der Waals surface area contributed by atoms with Crippen LogP contribution in [-0.4, -0.2) is 48.6 Å². The van der Waals surface area contributed by atoms with Gasteiger partial charge < -0.3 is 34.3 Å². The summed E-state index contributed by atoms with van der Waals surface area (Å²) in [5.41, 5.74) is 1.92. The van der Waals surface area contributed by atoms with Gasteiger partial charge in [-0.05, 0) is 23.8 Å². The topological polar surface area (TPSA) is 82.6 Å². The van der Waals surface area contributed by atoms with Gasteiger partial charge in [-0.2, -0.15) is 0 Å². The molecule has 166 valence electrons. The molecule has 2 aromatic carbocycles. The quantitative estimate of drug-likeness (QED) is 0.292. The molecule has 0 saturated heterocycles. The number of nitrogens with one attached hydrogen (secondary N) is 2. The predicted molar refractivity (Wildman–Crippen MR) is 128 cm³/mol. The number of benzene rings is 2. The molecule has 0 atom stereocenters. The van der Waals surface area contributed by atoms with Crippen LogP contribution in [-0.2, 0) is 13.1 Å². The summed E-state index contributed by atoms with van der Waals surface area (Å²) < 4.78 is 27.0. The average molecular weight is 531 g/mol. The fourth-order valence-electron chi connectivity index (χ4n) is 2.92. The predicted octanol–water partition coefficient (Wildman–Crippen LogP) is 3.21. The van der Waals surface area contributed by atoms with Crippen LogP contribution in [0.25, 0.3) is 0 Å². The molecule has 0 radical (unpaired) electrons. The number of hydrogen-bond acceptors (Lipinski definition) is 6. The second-order valence-corrected chi connectivity index (χ2v) is 5.97. The van der Waals surface area contributed by atoms with Gasteiger partial charge in [0.25, 0.3) is 0 Å². The highest BCUT2D eigenvalue weighted by Crippen LogP contribution is 2.38. The average Bonchev–Trinajstić information content (AvgIpc) is 2.77. The van der Waals surface area contributed by atoms with E-state index in [0.717, 1.165) is 11.1 Å². The molecule has 2 aromatic rings. The Kier molecular flexibility index (Phi) is 10.9. The molecule has 0 aliphatic rings. The van der Waals surface area contributed by atoms with Gasteiger partial charge in [0.1, 0.15) is 0 Å². The molecule has 8 nitrogen and oxygen atoms in total. The number of nitrogens with zero attached hydrogens (tertiary/aromatic N) is 1. The van der Waals surface area contributed by atoms with E-state index in [-0.39, 0.29) is 24.0 Å². The Morgan fingerprint density at radius 1 is 0.767 bits per heavy atom. The van der Waals surface area contributed by atoms with E-state index < -0.39 is 0 Å². The third-order valence-corrected chi connectivity index (χ3v) is 4.34. The molecule has 0 unspecified atom stereocenters. The van der Waals surface area contributed by atoms with Gasteiger partial charge in [0, 0.05) is 25.7 Å². The van der Waals surface area contributed by atoms with Gasteiger partial charge in [-0.1, -0.05) is 12.1 Å². The molecule has 0 aliphatic heterocycles. The van der Waals surface area contributed by atoms with Crippen molar-refractivity contribution in [2.45, 2.75) is 13.1 Å². The third-order valence-electron chi connectivity index (χ3n) is 4.34. The Morgan fingerprint density at radius 2 is 1.33 bits per heavy atom. The minimum Gasteiger partial charge on any atom is -0.493 e. The van der Waals surface area contributed by atoms with Gasteiger partial charge in [-0.3, -0.25) is 4.99 Å². The minimum atomic E-state index is 0. The van der Waals surface area contributed by atoms with Crippen molar-refractivity contribution in [3.63, 3.8) is 0 Å². The summed E-state index contributed by atoms with van der Waals surface area (Å²) in [5, 5.41) is 6.55. The van der Waals surface area contributed by atoms with E-state index >= 15 is 0 Å². The Bertz CT molecular complexity index is 820. The second-order valence-electron chi connectivity index (χ2n) is 5.97. The Balaban J connectivity index is 0.00000450. The van der Waals surface area contributed by atoms with Crippen LogP contribution in [0.15, 0.2) is 35.3 Å². The first-order valence-corrected chi connectivity index (χ1v) is 9.05. The van der Waals surface area contributed by atoms with Crippen LogP contribution < -0.4 is 34.3 Å². The highest BCUT2D eigenvalue weighted by Gasteiger charge is 2.14. The number of aliphatic imine (C=N–C) groups is 1. The standard InChI is InChI=1S/C21H29N3O5.HI/c1-22-21(24-13-15-8-7-9-16(25-2)19(15)28-5)23-12-14-10-17(26-3)20(29-6)18(11-14)27-4;/h7-11H,12-13H2,1-6H3,(H2,22,23,24);1H. The molecule has 0 aliphatic carbocycles. The lowest BCUT2D eigenvalue weighted by molar-refractivity contribution is 0.323. The van der Waals surface area contributed by atoms with Gasteiger partial charge in [-0.25, -0.2) is 0 Å². The van der Waals surface area contributed by atoms with Crippen molar-refractivity contribution in [1.82, 2.24) is 10.6 Å². The summed E-state index contributed by atoms with van der Waals surface area (Å²) in [5.74, 6) is 3.80. The van der Waals surface area contributed by atoms with Crippen LogP contribution in [0.2, 0.25) is 0 Å². The number of hydrogen-bond donors (Lipinski definition) is 2. The first-order chi connectivity index (χ1) is 14.1.